The highest BCUT2D eigenvalue weighted by atomic mass is 35.5. The third-order valence-corrected chi connectivity index (χ3v) is 3.28. The van der Waals surface area contributed by atoms with Crippen LogP contribution in [0.1, 0.15) is 16.1 Å². The zero-order valence-electron chi connectivity index (χ0n) is 9.52. The summed E-state index contributed by atoms with van der Waals surface area (Å²) >= 11 is 11.8. The Kier molecular flexibility index (Phi) is 2.97. The normalized spacial score (nSPS) is 10.8. The Morgan fingerprint density at radius 2 is 2.05 bits per heavy atom. The third kappa shape index (κ3) is 2.09. The molecule has 0 saturated heterocycles. The maximum atomic E-state index is 12.4. The number of hydrogen-bond acceptors (Lipinski definition) is 3. The van der Waals surface area contributed by atoms with Crippen LogP contribution in [0, 0.1) is 0 Å². The van der Waals surface area contributed by atoms with Gasteiger partial charge in [-0.3, -0.25) is 9.89 Å². The zero-order valence-corrected chi connectivity index (χ0v) is 11.0. The highest BCUT2D eigenvalue weighted by molar-refractivity contribution is 6.34. The van der Waals surface area contributed by atoms with E-state index in [-0.39, 0.29) is 10.9 Å². The first-order valence-electron chi connectivity index (χ1n) is 5.45. The van der Waals surface area contributed by atoms with E-state index in [1.807, 2.05) is 0 Å². The van der Waals surface area contributed by atoms with Crippen LogP contribution in [-0.4, -0.2) is 21.0 Å². The number of rotatable bonds is 2. The fraction of sp³-hybridized carbons (Fsp3) is 0. The number of nitrogens with one attached hydrogen (secondary N) is 1. The molecular formula is C13H7Cl2N3O. The van der Waals surface area contributed by atoms with Crippen molar-refractivity contribution in [1.29, 1.82) is 0 Å². The van der Waals surface area contributed by atoms with E-state index in [9.17, 15) is 4.79 Å². The van der Waals surface area contributed by atoms with Gasteiger partial charge in [-0.1, -0.05) is 23.2 Å². The van der Waals surface area contributed by atoms with Gasteiger partial charge in [0, 0.05) is 16.6 Å². The highest BCUT2D eigenvalue weighted by Gasteiger charge is 2.18. The summed E-state index contributed by atoms with van der Waals surface area (Å²) in [6.45, 7) is 0. The van der Waals surface area contributed by atoms with E-state index >= 15 is 0 Å². The van der Waals surface area contributed by atoms with Crippen molar-refractivity contribution in [2.45, 2.75) is 0 Å². The molecule has 0 aliphatic heterocycles. The number of halogens is 2. The lowest BCUT2D eigenvalue weighted by Crippen LogP contribution is -2.04. The molecule has 0 bridgehead atoms. The topological polar surface area (TPSA) is 58.6 Å². The molecule has 0 atom stereocenters. The van der Waals surface area contributed by atoms with E-state index in [1.54, 1.807) is 30.3 Å². The van der Waals surface area contributed by atoms with Gasteiger partial charge in [0.2, 0.25) is 5.78 Å². The van der Waals surface area contributed by atoms with Crippen molar-refractivity contribution in [1.82, 2.24) is 15.2 Å². The summed E-state index contributed by atoms with van der Waals surface area (Å²) in [6.07, 6.45) is 1.53. The van der Waals surface area contributed by atoms with Crippen molar-refractivity contribution in [3.05, 3.63) is 58.0 Å². The Hall–Kier alpha value is -1.91. The van der Waals surface area contributed by atoms with Crippen LogP contribution in [0.2, 0.25) is 10.2 Å². The molecule has 1 aromatic carbocycles. The lowest BCUT2D eigenvalue weighted by atomic mass is 10.1. The van der Waals surface area contributed by atoms with Gasteiger partial charge in [0.25, 0.3) is 0 Å². The fourth-order valence-electron chi connectivity index (χ4n) is 1.85. The van der Waals surface area contributed by atoms with Gasteiger partial charge in [-0.05, 0) is 30.3 Å². The number of H-pyrrole nitrogens is 1. The predicted octanol–water partition coefficient (Wildman–Crippen LogP) is 3.50. The number of carbonyl (C=O) groups is 1. The second-order valence-corrected chi connectivity index (χ2v) is 4.73. The molecule has 19 heavy (non-hydrogen) atoms. The number of pyridine rings is 1. The molecule has 2 aromatic heterocycles. The maximum absolute atomic E-state index is 12.4. The average molecular weight is 292 g/mol. The van der Waals surface area contributed by atoms with E-state index in [0.29, 0.717) is 27.2 Å². The zero-order chi connectivity index (χ0) is 13.4. The van der Waals surface area contributed by atoms with Gasteiger partial charge in [0.1, 0.15) is 10.8 Å². The average Bonchev–Trinajstić information content (AvgIpc) is 2.81. The van der Waals surface area contributed by atoms with Gasteiger partial charge in [-0.25, -0.2) is 4.98 Å². The van der Waals surface area contributed by atoms with E-state index in [2.05, 4.69) is 15.2 Å². The molecule has 3 rings (SSSR count). The summed E-state index contributed by atoms with van der Waals surface area (Å²) in [5.41, 5.74) is 1.34. The molecule has 0 radical (unpaired) electrons. The number of ketones is 1. The Morgan fingerprint density at radius 1 is 1.21 bits per heavy atom. The summed E-state index contributed by atoms with van der Waals surface area (Å²) < 4.78 is 0. The number of carbonyl (C=O) groups excluding carboxylic acids is 1. The molecule has 0 unspecified atom stereocenters. The summed E-state index contributed by atoms with van der Waals surface area (Å²) in [4.78, 5) is 16.3. The minimum Gasteiger partial charge on any atom is -0.287 e. The van der Waals surface area contributed by atoms with Gasteiger partial charge < -0.3 is 0 Å². The number of aromatic amines is 1. The van der Waals surface area contributed by atoms with Crippen molar-refractivity contribution in [3.63, 3.8) is 0 Å². The summed E-state index contributed by atoms with van der Waals surface area (Å²) in [6, 6.07) is 8.45. The number of hydrogen-bond donors (Lipinski definition) is 1. The molecule has 0 fully saturated rings. The van der Waals surface area contributed by atoms with Crippen LogP contribution in [0.15, 0.2) is 36.5 Å². The van der Waals surface area contributed by atoms with Crippen LogP contribution in [0.4, 0.5) is 0 Å². The molecule has 0 spiro atoms. The molecular weight excluding hydrogens is 285 g/mol. The number of nitrogens with zero attached hydrogens (tertiary/aromatic N) is 2. The van der Waals surface area contributed by atoms with Crippen molar-refractivity contribution < 1.29 is 4.79 Å². The number of aromatic nitrogens is 3. The lowest BCUT2D eigenvalue weighted by molar-refractivity contribution is 0.103. The number of fused-ring (bicyclic) bond motifs is 1. The fourth-order valence-corrected chi connectivity index (χ4v) is 2.23. The van der Waals surface area contributed by atoms with Crippen molar-refractivity contribution in [2.75, 3.05) is 0 Å². The lowest BCUT2D eigenvalue weighted by Gasteiger charge is -2.00. The first-order valence-corrected chi connectivity index (χ1v) is 6.21. The SMILES string of the molecule is O=C(c1cccnc1Cl)c1n[nH]c2cc(Cl)ccc12. The Bertz CT molecular complexity index is 782. The Morgan fingerprint density at radius 3 is 2.84 bits per heavy atom. The molecule has 2 heterocycles. The highest BCUT2D eigenvalue weighted by Crippen LogP contribution is 2.23. The summed E-state index contributed by atoms with van der Waals surface area (Å²) in [5, 5.41) is 8.26. The second kappa shape index (κ2) is 4.64. The van der Waals surface area contributed by atoms with E-state index in [1.165, 1.54) is 6.20 Å². The monoisotopic (exact) mass is 291 g/mol. The van der Waals surface area contributed by atoms with Gasteiger partial charge in [0.15, 0.2) is 0 Å². The first kappa shape index (κ1) is 12.1. The second-order valence-electron chi connectivity index (χ2n) is 3.93. The van der Waals surface area contributed by atoms with Crippen LogP contribution in [0.25, 0.3) is 10.9 Å². The number of benzene rings is 1. The van der Waals surface area contributed by atoms with Crippen LogP contribution >= 0.6 is 23.2 Å². The molecule has 4 nitrogen and oxygen atoms in total. The van der Waals surface area contributed by atoms with Crippen molar-refractivity contribution >= 4 is 39.9 Å². The van der Waals surface area contributed by atoms with Crippen molar-refractivity contribution in [3.8, 4) is 0 Å². The molecule has 0 amide bonds. The maximum Gasteiger partial charge on any atom is 0.216 e. The molecule has 3 aromatic rings. The molecule has 94 valence electrons. The quantitative estimate of drug-likeness (QED) is 0.581. The van der Waals surface area contributed by atoms with E-state index in [4.69, 9.17) is 23.2 Å². The van der Waals surface area contributed by atoms with Gasteiger partial charge >= 0.3 is 0 Å². The molecule has 0 aliphatic carbocycles. The summed E-state index contributed by atoms with van der Waals surface area (Å²) in [5.74, 6) is -0.272. The molecule has 6 heteroatoms. The third-order valence-electron chi connectivity index (χ3n) is 2.74. The minimum absolute atomic E-state index is 0.164. The van der Waals surface area contributed by atoms with Crippen LogP contribution in [0.3, 0.4) is 0 Å². The van der Waals surface area contributed by atoms with E-state index < -0.39 is 0 Å². The molecule has 0 saturated carbocycles. The van der Waals surface area contributed by atoms with E-state index in [0.717, 1.165) is 0 Å². The smallest absolute Gasteiger partial charge is 0.216 e. The largest absolute Gasteiger partial charge is 0.287 e. The predicted molar refractivity (Wildman–Crippen MR) is 73.8 cm³/mol. The van der Waals surface area contributed by atoms with Gasteiger partial charge in [-0.2, -0.15) is 5.10 Å². The standard InChI is InChI=1S/C13H7Cl2N3O/c14-7-3-4-8-10(6-7)17-18-11(8)12(19)9-2-1-5-16-13(9)15/h1-6H,(H,17,18). The molecule has 0 aliphatic rings. The van der Waals surface area contributed by atoms with Crippen molar-refractivity contribution in [2.24, 2.45) is 0 Å². The van der Waals surface area contributed by atoms with Gasteiger partial charge in [0.05, 0.1) is 11.1 Å². The summed E-state index contributed by atoms with van der Waals surface area (Å²) in [7, 11) is 0. The van der Waals surface area contributed by atoms with Crippen LogP contribution in [0.5, 0.6) is 0 Å². The van der Waals surface area contributed by atoms with Crippen LogP contribution < -0.4 is 0 Å². The Labute approximate surface area is 118 Å². The molecule has 1 N–H and O–H groups in total. The van der Waals surface area contributed by atoms with Gasteiger partial charge in [-0.15, -0.1) is 0 Å². The first-order chi connectivity index (χ1) is 9.16. The Balaban J connectivity index is 2.15. The minimum atomic E-state index is -0.272. The van der Waals surface area contributed by atoms with Crippen LogP contribution in [-0.2, 0) is 0 Å².